The van der Waals surface area contributed by atoms with Gasteiger partial charge in [-0.3, -0.25) is 4.79 Å². The van der Waals surface area contributed by atoms with Crippen LogP contribution in [0.5, 0.6) is 0 Å². The number of rotatable bonds is 6. The lowest BCUT2D eigenvalue weighted by Gasteiger charge is -2.16. The zero-order chi connectivity index (χ0) is 13.4. The minimum absolute atomic E-state index is 0.184. The maximum Gasteiger partial charge on any atom is 0.347 e. The van der Waals surface area contributed by atoms with Crippen LogP contribution in [-0.2, 0) is 23.9 Å². The number of hydrogen-bond donors (Lipinski definition) is 0. The van der Waals surface area contributed by atoms with Gasteiger partial charge in [-0.05, 0) is 25.3 Å². The van der Waals surface area contributed by atoms with E-state index in [1.807, 2.05) is 13.8 Å². The predicted octanol–water partition coefficient (Wildman–Crippen LogP) is 1.26. The summed E-state index contributed by atoms with van der Waals surface area (Å²) < 4.78 is 9.44. The van der Waals surface area contributed by atoms with Crippen LogP contribution in [0.3, 0.4) is 0 Å². The molecule has 0 fully saturated rings. The van der Waals surface area contributed by atoms with Crippen LogP contribution in [0.25, 0.3) is 0 Å². The number of carbonyl (C=O) groups excluding carboxylic acids is 3. The molecule has 96 valence electrons. The van der Waals surface area contributed by atoms with Gasteiger partial charge < -0.3 is 9.47 Å². The quantitative estimate of drug-likeness (QED) is 0.518. The molecule has 17 heavy (non-hydrogen) atoms. The molecular formula is C12H18O5. The highest BCUT2D eigenvalue weighted by molar-refractivity contribution is 5.95. The van der Waals surface area contributed by atoms with E-state index in [9.17, 15) is 14.4 Å². The molecule has 0 rings (SSSR count). The van der Waals surface area contributed by atoms with Crippen molar-refractivity contribution in [1.29, 1.82) is 0 Å². The molecule has 0 aromatic carbocycles. The Hall–Kier alpha value is -1.65. The normalized spacial score (nSPS) is 12.5. The first-order valence-electron chi connectivity index (χ1n) is 5.34. The molecule has 0 aliphatic rings. The lowest BCUT2D eigenvalue weighted by molar-refractivity contribution is -0.164. The van der Waals surface area contributed by atoms with Crippen LogP contribution in [0.2, 0.25) is 0 Å². The molecule has 0 aliphatic heterocycles. The van der Waals surface area contributed by atoms with Crippen molar-refractivity contribution in [2.45, 2.75) is 33.3 Å². The van der Waals surface area contributed by atoms with Crippen molar-refractivity contribution in [3.63, 3.8) is 0 Å². The number of carbonyl (C=O) groups is 3. The second-order valence-electron chi connectivity index (χ2n) is 4.02. The van der Waals surface area contributed by atoms with Gasteiger partial charge in [0.1, 0.15) is 0 Å². The Labute approximate surface area is 101 Å². The van der Waals surface area contributed by atoms with Gasteiger partial charge in [-0.25, -0.2) is 9.59 Å². The summed E-state index contributed by atoms with van der Waals surface area (Å²) in [5.41, 5.74) is 0. The minimum Gasteiger partial charge on any atom is -0.466 e. The Kier molecular flexibility index (Phi) is 6.86. The fraction of sp³-hybridized carbons (Fsp3) is 0.583. The van der Waals surface area contributed by atoms with Crippen molar-refractivity contribution < 1.29 is 23.9 Å². The topological polar surface area (TPSA) is 69.7 Å². The Bertz CT molecular complexity index is 317. The number of allylic oxidation sites excluding steroid dienone is 1. The molecule has 1 atom stereocenters. The summed E-state index contributed by atoms with van der Waals surface area (Å²) in [6.45, 7) is 5.11. The second kappa shape index (κ2) is 7.60. The molecule has 0 unspecified atom stereocenters. The molecule has 5 heteroatoms. The van der Waals surface area contributed by atoms with Crippen LogP contribution in [-0.4, -0.2) is 30.9 Å². The summed E-state index contributed by atoms with van der Waals surface area (Å²) in [5, 5.41) is 0. The Morgan fingerprint density at radius 1 is 1.18 bits per heavy atom. The SMILES string of the molecule is COC(=O)[C@H](CC(C)C)OC(=O)/C=C/C(C)=O. The number of hydrogen-bond acceptors (Lipinski definition) is 5. The lowest BCUT2D eigenvalue weighted by Crippen LogP contribution is -2.29. The van der Waals surface area contributed by atoms with E-state index in [2.05, 4.69) is 4.74 Å². The smallest absolute Gasteiger partial charge is 0.347 e. The standard InChI is InChI=1S/C12H18O5/c1-8(2)7-10(12(15)16-4)17-11(14)6-5-9(3)13/h5-6,8,10H,7H2,1-4H3/b6-5+/t10-/m0/s1. The van der Waals surface area contributed by atoms with Crippen LogP contribution in [0.15, 0.2) is 12.2 Å². The average Bonchev–Trinajstić information content (AvgIpc) is 2.23. The van der Waals surface area contributed by atoms with E-state index in [0.29, 0.717) is 6.42 Å². The predicted molar refractivity (Wildman–Crippen MR) is 61.2 cm³/mol. The van der Waals surface area contributed by atoms with Crippen molar-refractivity contribution in [3.8, 4) is 0 Å². The first-order valence-corrected chi connectivity index (χ1v) is 5.34. The van der Waals surface area contributed by atoms with E-state index in [1.165, 1.54) is 14.0 Å². The van der Waals surface area contributed by atoms with Gasteiger partial charge >= 0.3 is 11.9 Å². The highest BCUT2D eigenvalue weighted by Gasteiger charge is 2.23. The number of methoxy groups -OCH3 is 1. The Balaban J connectivity index is 4.47. The number of esters is 2. The zero-order valence-electron chi connectivity index (χ0n) is 10.6. The Morgan fingerprint density at radius 3 is 2.18 bits per heavy atom. The lowest BCUT2D eigenvalue weighted by atomic mass is 10.1. The van der Waals surface area contributed by atoms with Crippen molar-refractivity contribution in [2.24, 2.45) is 5.92 Å². The van der Waals surface area contributed by atoms with E-state index in [-0.39, 0.29) is 11.7 Å². The zero-order valence-corrected chi connectivity index (χ0v) is 10.6. The average molecular weight is 242 g/mol. The molecule has 0 spiro atoms. The Morgan fingerprint density at radius 2 is 1.76 bits per heavy atom. The molecule has 0 saturated carbocycles. The largest absolute Gasteiger partial charge is 0.466 e. The summed E-state index contributed by atoms with van der Waals surface area (Å²) in [7, 11) is 1.23. The molecule has 0 heterocycles. The van der Waals surface area contributed by atoms with Crippen LogP contribution < -0.4 is 0 Å². The van der Waals surface area contributed by atoms with Crippen LogP contribution in [0, 0.1) is 5.92 Å². The molecule has 0 radical (unpaired) electrons. The third-order valence-electron chi connectivity index (χ3n) is 1.86. The van der Waals surface area contributed by atoms with Gasteiger partial charge in [0.05, 0.1) is 7.11 Å². The number of ketones is 1. The summed E-state index contributed by atoms with van der Waals surface area (Å²) in [6, 6.07) is 0. The highest BCUT2D eigenvalue weighted by atomic mass is 16.6. The first-order chi connectivity index (χ1) is 7.86. The summed E-state index contributed by atoms with van der Waals surface area (Å²) >= 11 is 0. The van der Waals surface area contributed by atoms with Gasteiger partial charge in [-0.15, -0.1) is 0 Å². The van der Waals surface area contributed by atoms with Gasteiger partial charge in [0, 0.05) is 6.08 Å². The third-order valence-corrected chi connectivity index (χ3v) is 1.86. The van der Waals surface area contributed by atoms with E-state index >= 15 is 0 Å². The second-order valence-corrected chi connectivity index (χ2v) is 4.02. The van der Waals surface area contributed by atoms with Crippen LogP contribution >= 0.6 is 0 Å². The van der Waals surface area contributed by atoms with Crippen LogP contribution in [0.4, 0.5) is 0 Å². The molecule has 0 bridgehead atoms. The minimum atomic E-state index is -0.927. The van der Waals surface area contributed by atoms with Gasteiger partial charge in [0.25, 0.3) is 0 Å². The monoisotopic (exact) mass is 242 g/mol. The summed E-state index contributed by atoms with van der Waals surface area (Å²) in [6.07, 6.45) is 1.54. The van der Waals surface area contributed by atoms with E-state index in [1.54, 1.807) is 0 Å². The van der Waals surface area contributed by atoms with Crippen molar-refractivity contribution in [1.82, 2.24) is 0 Å². The van der Waals surface area contributed by atoms with E-state index < -0.39 is 18.0 Å². The molecule has 0 aromatic heterocycles. The van der Waals surface area contributed by atoms with Gasteiger partial charge in [-0.2, -0.15) is 0 Å². The number of ether oxygens (including phenoxy) is 2. The van der Waals surface area contributed by atoms with Crippen molar-refractivity contribution in [2.75, 3.05) is 7.11 Å². The molecule has 0 N–H and O–H groups in total. The summed E-state index contributed by atoms with van der Waals surface area (Å²) in [5.74, 6) is -1.40. The van der Waals surface area contributed by atoms with Crippen molar-refractivity contribution in [3.05, 3.63) is 12.2 Å². The fourth-order valence-electron chi connectivity index (χ4n) is 1.12. The van der Waals surface area contributed by atoms with Crippen molar-refractivity contribution >= 4 is 17.7 Å². The molecule has 0 amide bonds. The molecule has 0 aliphatic carbocycles. The maximum absolute atomic E-state index is 11.3. The summed E-state index contributed by atoms with van der Waals surface area (Å²) in [4.78, 5) is 33.2. The molecule has 5 nitrogen and oxygen atoms in total. The van der Waals surface area contributed by atoms with Gasteiger partial charge in [-0.1, -0.05) is 13.8 Å². The van der Waals surface area contributed by atoms with Gasteiger partial charge in [0.15, 0.2) is 11.9 Å². The van der Waals surface area contributed by atoms with E-state index in [0.717, 1.165) is 12.2 Å². The van der Waals surface area contributed by atoms with Gasteiger partial charge in [0.2, 0.25) is 0 Å². The molecular weight excluding hydrogens is 224 g/mol. The molecule has 0 saturated heterocycles. The van der Waals surface area contributed by atoms with Crippen LogP contribution in [0.1, 0.15) is 27.2 Å². The maximum atomic E-state index is 11.3. The fourth-order valence-corrected chi connectivity index (χ4v) is 1.12. The first kappa shape index (κ1) is 15.3. The third kappa shape index (κ3) is 7.27. The molecule has 0 aromatic rings. The highest BCUT2D eigenvalue weighted by Crippen LogP contribution is 2.10. The van der Waals surface area contributed by atoms with E-state index in [4.69, 9.17) is 4.74 Å².